The van der Waals surface area contributed by atoms with Gasteiger partial charge in [-0.1, -0.05) is 15.9 Å². The van der Waals surface area contributed by atoms with E-state index in [0.29, 0.717) is 6.04 Å². The summed E-state index contributed by atoms with van der Waals surface area (Å²) >= 11 is 3.50. The number of benzene rings is 1. The first-order valence-electron chi connectivity index (χ1n) is 4.85. The maximum absolute atomic E-state index is 3.53. The van der Waals surface area contributed by atoms with Gasteiger partial charge in [-0.05, 0) is 44.3 Å². The lowest BCUT2D eigenvalue weighted by Crippen LogP contribution is -2.30. The van der Waals surface area contributed by atoms with Gasteiger partial charge < -0.3 is 10.2 Å². The van der Waals surface area contributed by atoms with Crippen LogP contribution in [0.2, 0.25) is 0 Å². The standard InChI is InChI=1S/C11H15BrN2/c1-14(2)7-10-6-8-5-9(12)3-4-11(8)13-10/h3-5,10,13H,6-7H2,1-2H3. The molecule has 0 bridgehead atoms. The van der Waals surface area contributed by atoms with E-state index in [1.54, 1.807) is 0 Å². The molecule has 76 valence electrons. The summed E-state index contributed by atoms with van der Waals surface area (Å²) in [5.41, 5.74) is 2.71. The van der Waals surface area contributed by atoms with Crippen molar-refractivity contribution in [2.45, 2.75) is 12.5 Å². The number of nitrogens with zero attached hydrogens (tertiary/aromatic N) is 1. The molecule has 2 rings (SSSR count). The van der Waals surface area contributed by atoms with Crippen molar-refractivity contribution in [3.63, 3.8) is 0 Å². The topological polar surface area (TPSA) is 15.3 Å². The molecule has 0 radical (unpaired) electrons. The van der Waals surface area contributed by atoms with Gasteiger partial charge in [0, 0.05) is 22.7 Å². The van der Waals surface area contributed by atoms with E-state index in [-0.39, 0.29) is 0 Å². The van der Waals surface area contributed by atoms with E-state index in [1.807, 2.05) is 0 Å². The minimum absolute atomic E-state index is 0.564. The summed E-state index contributed by atoms with van der Waals surface area (Å²) in [7, 11) is 4.22. The highest BCUT2D eigenvalue weighted by atomic mass is 79.9. The van der Waals surface area contributed by atoms with Crippen LogP contribution in [0.15, 0.2) is 22.7 Å². The predicted octanol–water partition coefficient (Wildman–Crippen LogP) is 2.35. The quantitative estimate of drug-likeness (QED) is 0.872. The molecule has 1 aliphatic heterocycles. The Balaban J connectivity index is 2.10. The van der Waals surface area contributed by atoms with E-state index in [0.717, 1.165) is 13.0 Å². The van der Waals surface area contributed by atoms with Crippen LogP contribution in [0.4, 0.5) is 5.69 Å². The van der Waals surface area contributed by atoms with Gasteiger partial charge in [0.1, 0.15) is 0 Å². The fourth-order valence-corrected chi connectivity index (χ4v) is 2.37. The molecule has 0 aromatic heterocycles. The van der Waals surface area contributed by atoms with Gasteiger partial charge in [-0.2, -0.15) is 0 Å². The predicted molar refractivity (Wildman–Crippen MR) is 63.8 cm³/mol. The van der Waals surface area contributed by atoms with Gasteiger partial charge in [-0.15, -0.1) is 0 Å². The van der Waals surface area contributed by atoms with Crippen molar-refractivity contribution in [1.82, 2.24) is 4.90 Å². The zero-order valence-electron chi connectivity index (χ0n) is 8.55. The lowest BCUT2D eigenvalue weighted by Gasteiger charge is -2.16. The molecule has 1 N–H and O–H groups in total. The SMILES string of the molecule is CN(C)CC1Cc2cc(Br)ccc2N1. The highest BCUT2D eigenvalue weighted by Gasteiger charge is 2.20. The van der Waals surface area contributed by atoms with Crippen LogP contribution in [-0.4, -0.2) is 31.6 Å². The Kier molecular flexibility index (Phi) is 2.79. The van der Waals surface area contributed by atoms with Crippen molar-refractivity contribution in [3.8, 4) is 0 Å². The van der Waals surface area contributed by atoms with Gasteiger partial charge in [0.2, 0.25) is 0 Å². The smallest absolute Gasteiger partial charge is 0.0429 e. The van der Waals surface area contributed by atoms with Crippen molar-refractivity contribution >= 4 is 21.6 Å². The Morgan fingerprint density at radius 3 is 3.00 bits per heavy atom. The Morgan fingerprint density at radius 1 is 1.50 bits per heavy atom. The number of anilines is 1. The maximum atomic E-state index is 3.53. The minimum atomic E-state index is 0.564. The summed E-state index contributed by atoms with van der Waals surface area (Å²) in [6.45, 7) is 1.09. The van der Waals surface area contributed by atoms with Crippen molar-refractivity contribution in [1.29, 1.82) is 0 Å². The molecule has 0 fully saturated rings. The van der Waals surface area contributed by atoms with Crippen LogP contribution in [-0.2, 0) is 6.42 Å². The Bertz CT molecular complexity index is 336. The fourth-order valence-electron chi connectivity index (χ4n) is 1.96. The second-order valence-electron chi connectivity index (χ2n) is 4.11. The first kappa shape index (κ1) is 9.99. The molecule has 1 aliphatic rings. The van der Waals surface area contributed by atoms with Crippen LogP contribution >= 0.6 is 15.9 Å². The number of rotatable bonds is 2. The lowest BCUT2D eigenvalue weighted by atomic mass is 10.1. The molecule has 0 saturated heterocycles. The third kappa shape index (κ3) is 2.10. The van der Waals surface area contributed by atoms with E-state index < -0.39 is 0 Å². The van der Waals surface area contributed by atoms with Gasteiger partial charge in [-0.3, -0.25) is 0 Å². The van der Waals surface area contributed by atoms with Crippen LogP contribution in [0.3, 0.4) is 0 Å². The summed E-state index contributed by atoms with van der Waals surface area (Å²) in [5, 5.41) is 3.53. The fraction of sp³-hybridized carbons (Fsp3) is 0.455. The van der Waals surface area contributed by atoms with Crippen LogP contribution in [0.25, 0.3) is 0 Å². The minimum Gasteiger partial charge on any atom is -0.380 e. The molecule has 0 saturated carbocycles. The highest BCUT2D eigenvalue weighted by molar-refractivity contribution is 9.10. The number of hydrogen-bond acceptors (Lipinski definition) is 2. The molecule has 2 nitrogen and oxygen atoms in total. The third-order valence-electron chi connectivity index (χ3n) is 2.48. The van der Waals surface area contributed by atoms with Gasteiger partial charge in [0.05, 0.1) is 0 Å². The molecule has 0 amide bonds. The largest absolute Gasteiger partial charge is 0.380 e. The van der Waals surface area contributed by atoms with Crippen molar-refractivity contribution in [2.75, 3.05) is 26.0 Å². The second-order valence-corrected chi connectivity index (χ2v) is 5.02. The molecule has 0 aliphatic carbocycles. The summed E-state index contributed by atoms with van der Waals surface area (Å²) in [4.78, 5) is 2.22. The molecular formula is C11H15BrN2. The molecule has 1 aromatic carbocycles. The van der Waals surface area contributed by atoms with Crippen LogP contribution in [0.5, 0.6) is 0 Å². The van der Waals surface area contributed by atoms with E-state index >= 15 is 0 Å². The third-order valence-corrected chi connectivity index (χ3v) is 2.97. The molecular weight excluding hydrogens is 240 g/mol. The average Bonchev–Trinajstić information content (AvgIpc) is 2.44. The van der Waals surface area contributed by atoms with E-state index in [4.69, 9.17) is 0 Å². The zero-order valence-corrected chi connectivity index (χ0v) is 10.1. The molecule has 1 atom stereocenters. The molecule has 1 unspecified atom stereocenters. The van der Waals surface area contributed by atoms with Crippen molar-refractivity contribution in [2.24, 2.45) is 0 Å². The molecule has 3 heteroatoms. The Labute approximate surface area is 93.4 Å². The summed E-state index contributed by atoms with van der Waals surface area (Å²) < 4.78 is 1.17. The van der Waals surface area contributed by atoms with E-state index in [1.165, 1.54) is 15.7 Å². The van der Waals surface area contributed by atoms with Crippen molar-refractivity contribution < 1.29 is 0 Å². The first-order valence-corrected chi connectivity index (χ1v) is 5.64. The van der Waals surface area contributed by atoms with Crippen LogP contribution < -0.4 is 5.32 Å². The summed E-state index contributed by atoms with van der Waals surface area (Å²) in [5.74, 6) is 0. The van der Waals surface area contributed by atoms with E-state index in [9.17, 15) is 0 Å². The number of halogens is 1. The van der Waals surface area contributed by atoms with E-state index in [2.05, 4.69) is 58.4 Å². The maximum Gasteiger partial charge on any atom is 0.0429 e. The van der Waals surface area contributed by atoms with Gasteiger partial charge in [0.15, 0.2) is 0 Å². The number of likely N-dealkylation sites (N-methyl/N-ethyl adjacent to an activating group) is 1. The average molecular weight is 255 g/mol. The van der Waals surface area contributed by atoms with Gasteiger partial charge in [0.25, 0.3) is 0 Å². The number of hydrogen-bond donors (Lipinski definition) is 1. The summed E-state index contributed by atoms with van der Waals surface area (Å²) in [6, 6.07) is 7.01. The molecule has 1 aromatic rings. The number of fused-ring (bicyclic) bond motifs is 1. The summed E-state index contributed by atoms with van der Waals surface area (Å²) in [6.07, 6.45) is 1.13. The van der Waals surface area contributed by atoms with Crippen LogP contribution in [0, 0.1) is 0 Å². The Morgan fingerprint density at radius 2 is 2.29 bits per heavy atom. The second kappa shape index (κ2) is 3.91. The van der Waals surface area contributed by atoms with Gasteiger partial charge >= 0.3 is 0 Å². The molecule has 0 spiro atoms. The zero-order chi connectivity index (χ0) is 10.1. The normalized spacial score (nSPS) is 19.6. The monoisotopic (exact) mass is 254 g/mol. The van der Waals surface area contributed by atoms with Gasteiger partial charge in [-0.25, -0.2) is 0 Å². The Hall–Kier alpha value is -0.540. The molecule has 14 heavy (non-hydrogen) atoms. The van der Waals surface area contributed by atoms with Crippen LogP contribution in [0.1, 0.15) is 5.56 Å². The number of nitrogens with one attached hydrogen (secondary N) is 1. The lowest BCUT2D eigenvalue weighted by molar-refractivity contribution is 0.386. The highest BCUT2D eigenvalue weighted by Crippen LogP contribution is 2.28. The first-order chi connectivity index (χ1) is 6.65. The molecule has 1 heterocycles. The van der Waals surface area contributed by atoms with Crippen molar-refractivity contribution in [3.05, 3.63) is 28.2 Å².